The van der Waals surface area contributed by atoms with Crippen LogP contribution in [0.25, 0.3) is 0 Å². The van der Waals surface area contributed by atoms with E-state index in [1.165, 1.54) is 4.90 Å². The van der Waals surface area contributed by atoms with Crippen molar-refractivity contribution in [2.45, 2.75) is 31.8 Å². The summed E-state index contributed by atoms with van der Waals surface area (Å²) in [5, 5.41) is 11.6. The summed E-state index contributed by atoms with van der Waals surface area (Å²) in [6, 6.07) is -1.33. The van der Waals surface area contributed by atoms with Crippen molar-refractivity contribution in [3.8, 4) is 0 Å². The summed E-state index contributed by atoms with van der Waals surface area (Å²) in [5.41, 5.74) is 0. The van der Waals surface area contributed by atoms with Gasteiger partial charge in [0, 0.05) is 35.4 Å². The van der Waals surface area contributed by atoms with Crippen molar-refractivity contribution >= 4 is 22.8 Å². The van der Waals surface area contributed by atoms with Crippen LogP contribution in [-0.2, 0) is 15.6 Å². The van der Waals surface area contributed by atoms with Crippen LogP contribution < -0.4 is 5.32 Å². The minimum absolute atomic E-state index is 0.219. The van der Waals surface area contributed by atoms with E-state index in [9.17, 15) is 13.8 Å². The van der Waals surface area contributed by atoms with Crippen LogP contribution in [0, 0.1) is 0 Å². The van der Waals surface area contributed by atoms with Gasteiger partial charge in [-0.1, -0.05) is 0 Å². The second kappa shape index (κ2) is 6.00. The first-order valence-corrected chi connectivity index (χ1v) is 7.24. The van der Waals surface area contributed by atoms with Gasteiger partial charge in [-0.25, -0.2) is 9.59 Å². The molecule has 98 valence electrons. The summed E-state index contributed by atoms with van der Waals surface area (Å²) in [5.74, 6) is -0.596. The number of carbonyl (C=O) groups is 2. The first-order chi connectivity index (χ1) is 7.91. The first kappa shape index (κ1) is 14.0. The molecule has 17 heavy (non-hydrogen) atoms. The van der Waals surface area contributed by atoms with Crippen molar-refractivity contribution in [3.05, 3.63) is 0 Å². The summed E-state index contributed by atoms with van der Waals surface area (Å²) < 4.78 is 11.0. The van der Waals surface area contributed by atoms with Gasteiger partial charge in [0.15, 0.2) is 0 Å². The van der Waals surface area contributed by atoms with Gasteiger partial charge in [-0.05, 0) is 19.8 Å². The Balaban J connectivity index is 2.52. The molecule has 0 radical (unpaired) electrons. The lowest BCUT2D eigenvalue weighted by Gasteiger charge is -2.24. The quantitative estimate of drug-likeness (QED) is 0.747. The third-order valence-electron chi connectivity index (χ3n) is 2.65. The van der Waals surface area contributed by atoms with Crippen LogP contribution in [0.3, 0.4) is 0 Å². The standard InChI is InChI=1S/C10H18N2O4S/c1-7(6-17(2)16)11-10(15)12-5-3-4-8(12)9(13)14/h7-8H,3-6H2,1-2H3,(H,11,15)(H,13,14). The summed E-state index contributed by atoms with van der Waals surface area (Å²) in [7, 11) is -0.981. The zero-order valence-corrected chi connectivity index (χ0v) is 10.8. The van der Waals surface area contributed by atoms with Crippen molar-refractivity contribution in [3.63, 3.8) is 0 Å². The molecule has 2 N–H and O–H groups in total. The molecular formula is C10H18N2O4S. The molecule has 0 aromatic heterocycles. The SMILES string of the molecule is CC(CS(C)=O)NC(=O)N1CCCC1C(=O)O. The molecule has 0 aromatic rings. The molecular weight excluding hydrogens is 244 g/mol. The number of likely N-dealkylation sites (tertiary alicyclic amines) is 1. The second-order valence-electron chi connectivity index (χ2n) is 4.28. The third-order valence-corrected chi connectivity index (χ3v) is 3.62. The number of nitrogens with zero attached hydrogens (tertiary/aromatic N) is 1. The number of carboxylic acids is 1. The number of amides is 2. The Bertz CT molecular complexity index is 334. The van der Waals surface area contributed by atoms with Gasteiger partial charge in [-0.3, -0.25) is 4.21 Å². The Morgan fingerprint density at radius 3 is 2.76 bits per heavy atom. The molecule has 0 aromatic carbocycles. The zero-order chi connectivity index (χ0) is 13.0. The van der Waals surface area contributed by atoms with E-state index in [1.807, 2.05) is 0 Å². The fraction of sp³-hybridized carbons (Fsp3) is 0.800. The molecule has 1 heterocycles. The highest BCUT2D eigenvalue weighted by Crippen LogP contribution is 2.17. The van der Waals surface area contributed by atoms with Gasteiger partial charge in [0.1, 0.15) is 6.04 Å². The van der Waals surface area contributed by atoms with E-state index in [1.54, 1.807) is 13.2 Å². The number of hydrogen-bond acceptors (Lipinski definition) is 3. The molecule has 3 unspecified atom stereocenters. The van der Waals surface area contributed by atoms with Crippen LogP contribution in [0.1, 0.15) is 19.8 Å². The van der Waals surface area contributed by atoms with Gasteiger partial charge in [0.2, 0.25) is 0 Å². The molecule has 1 fully saturated rings. The predicted molar refractivity (Wildman–Crippen MR) is 64.3 cm³/mol. The van der Waals surface area contributed by atoms with Gasteiger partial charge in [-0.15, -0.1) is 0 Å². The lowest BCUT2D eigenvalue weighted by Crippen LogP contribution is -2.49. The Kier molecular flexibility index (Phi) is 4.92. The highest BCUT2D eigenvalue weighted by Gasteiger charge is 2.34. The number of rotatable bonds is 4. The maximum atomic E-state index is 11.8. The van der Waals surface area contributed by atoms with Crippen LogP contribution >= 0.6 is 0 Å². The van der Waals surface area contributed by atoms with Crippen molar-refractivity contribution in [2.75, 3.05) is 18.6 Å². The molecule has 0 saturated carbocycles. The van der Waals surface area contributed by atoms with Crippen molar-refractivity contribution in [1.82, 2.24) is 10.2 Å². The van der Waals surface area contributed by atoms with E-state index < -0.39 is 22.8 Å². The number of carbonyl (C=O) groups excluding carboxylic acids is 1. The minimum Gasteiger partial charge on any atom is -0.480 e. The van der Waals surface area contributed by atoms with E-state index in [0.29, 0.717) is 25.1 Å². The highest BCUT2D eigenvalue weighted by molar-refractivity contribution is 7.84. The molecule has 1 aliphatic heterocycles. The van der Waals surface area contributed by atoms with Crippen molar-refractivity contribution in [2.24, 2.45) is 0 Å². The first-order valence-electron chi connectivity index (χ1n) is 5.51. The molecule has 1 rings (SSSR count). The normalized spacial score (nSPS) is 23.2. The second-order valence-corrected chi connectivity index (χ2v) is 5.76. The van der Waals surface area contributed by atoms with E-state index >= 15 is 0 Å². The van der Waals surface area contributed by atoms with Crippen LogP contribution in [0.2, 0.25) is 0 Å². The summed E-state index contributed by atoms with van der Waals surface area (Å²) in [4.78, 5) is 24.0. The third kappa shape index (κ3) is 3.99. The van der Waals surface area contributed by atoms with Gasteiger partial charge < -0.3 is 15.3 Å². The Labute approximate surface area is 103 Å². The summed E-state index contributed by atoms with van der Waals surface area (Å²) in [6.45, 7) is 2.22. The van der Waals surface area contributed by atoms with E-state index in [2.05, 4.69) is 5.32 Å². The number of urea groups is 1. The smallest absolute Gasteiger partial charge is 0.326 e. The van der Waals surface area contributed by atoms with E-state index in [0.717, 1.165) is 0 Å². The monoisotopic (exact) mass is 262 g/mol. The molecule has 2 amide bonds. The number of carboxylic acid groups (broad SMARTS) is 1. The lowest BCUT2D eigenvalue weighted by atomic mass is 10.2. The summed E-state index contributed by atoms with van der Waals surface area (Å²) in [6.07, 6.45) is 2.77. The van der Waals surface area contributed by atoms with Crippen molar-refractivity contribution < 1.29 is 18.9 Å². The van der Waals surface area contributed by atoms with E-state index in [-0.39, 0.29) is 12.1 Å². The number of hydrogen-bond donors (Lipinski definition) is 2. The van der Waals surface area contributed by atoms with Crippen LogP contribution in [0.15, 0.2) is 0 Å². The lowest BCUT2D eigenvalue weighted by molar-refractivity contribution is -0.141. The summed E-state index contributed by atoms with van der Waals surface area (Å²) >= 11 is 0. The van der Waals surface area contributed by atoms with Crippen molar-refractivity contribution in [1.29, 1.82) is 0 Å². The Morgan fingerprint density at radius 1 is 1.59 bits per heavy atom. The number of nitrogens with one attached hydrogen (secondary N) is 1. The average Bonchev–Trinajstić information content (AvgIpc) is 2.63. The van der Waals surface area contributed by atoms with Crippen LogP contribution in [0.4, 0.5) is 4.79 Å². The fourth-order valence-electron chi connectivity index (χ4n) is 1.95. The molecule has 1 saturated heterocycles. The molecule has 3 atom stereocenters. The van der Waals surface area contributed by atoms with Gasteiger partial charge in [0.05, 0.1) is 0 Å². The van der Waals surface area contributed by atoms with Gasteiger partial charge in [-0.2, -0.15) is 0 Å². The van der Waals surface area contributed by atoms with E-state index in [4.69, 9.17) is 5.11 Å². The van der Waals surface area contributed by atoms with Crippen LogP contribution in [0.5, 0.6) is 0 Å². The molecule has 6 nitrogen and oxygen atoms in total. The average molecular weight is 262 g/mol. The zero-order valence-electron chi connectivity index (χ0n) is 10.0. The van der Waals surface area contributed by atoms with Gasteiger partial charge in [0.25, 0.3) is 0 Å². The Hall–Kier alpha value is -1.11. The maximum Gasteiger partial charge on any atom is 0.326 e. The molecule has 0 spiro atoms. The van der Waals surface area contributed by atoms with Gasteiger partial charge >= 0.3 is 12.0 Å². The number of aliphatic carboxylic acids is 1. The molecule has 0 aliphatic carbocycles. The topological polar surface area (TPSA) is 86.7 Å². The molecule has 7 heteroatoms. The maximum absolute atomic E-state index is 11.8. The molecule has 0 bridgehead atoms. The molecule has 1 aliphatic rings. The largest absolute Gasteiger partial charge is 0.480 e. The fourth-order valence-corrected chi connectivity index (χ4v) is 2.74. The Morgan fingerprint density at radius 2 is 2.24 bits per heavy atom. The van der Waals surface area contributed by atoms with Crippen LogP contribution in [-0.4, -0.2) is 56.9 Å². The highest BCUT2D eigenvalue weighted by atomic mass is 32.2. The predicted octanol–water partition coefficient (Wildman–Crippen LogP) is 0.0120. The minimum atomic E-state index is -0.981.